The van der Waals surface area contributed by atoms with Crippen molar-refractivity contribution >= 4 is 29.4 Å². The molecule has 1 aromatic rings. The number of amides is 1. The van der Waals surface area contributed by atoms with Crippen molar-refractivity contribution in [2.24, 2.45) is 0 Å². The van der Waals surface area contributed by atoms with Gasteiger partial charge in [0.1, 0.15) is 23.9 Å². The summed E-state index contributed by atoms with van der Waals surface area (Å²) in [7, 11) is 0. The zero-order valence-corrected chi connectivity index (χ0v) is 21.0. The number of nitrogens with one attached hydrogen (secondary N) is 1. The summed E-state index contributed by atoms with van der Waals surface area (Å²) >= 11 is 1.05. The van der Waals surface area contributed by atoms with E-state index in [-0.39, 0.29) is 19.8 Å². The Morgan fingerprint density at radius 2 is 2.03 bits per heavy atom. The number of unbranched alkanes of at least 4 members (excludes halogenated alkanes) is 3. The van der Waals surface area contributed by atoms with Crippen molar-refractivity contribution < 1.29 is 28.4 Å². The number of hydrogen-bond acceptors (Lipinski definition) is 9. The van der Waals surface area contributed by atoms with E-state index in [1.807, 2.05) is 6.08 Å². The molecule has 0 saturated carbocycles. The van der Waals surface area contributed by atoms with E-state index in [9.17, 15) is 14.8 Å². The molecule has 2 atom stereocenters. The summed E-state index contributed by atoms with van der Waals surface area (Å²) in [5.74, 6) is -0.250. The van der Waals surface area contributed by atoms with Crippen LogP contribution in [0.3, 0.4) is 0 Å². The molecule has 1 aromatic heterocycles. The maximum absolute atomic E-state index is 13.2. The van der Waals surface area contributed by atoms with E-state index in [2.05, 4.69) is 21.0 Å². The van der Waals surface area contributed by atoms with Crippen LogP contribution >= 0.6 is 11.7 Å². The first kappa shape index (κ1) is 27.0. The molecule has 2 rings (SSSR count). The highest BCUT2D eigenvalue weighted by Crippen LogP contribution is 2.30. The van der Waals surface area contributed by atoms with E-state index in [0.717, 1.165) is 43.0 Å². The van der Waals surface area contributed by atoms with Crippen molar-refractivity contribution in [3.63, 3.8) is 0 Å². The van der Waals surface area contributed by atoms with E-state index in [1.54, 1.807) is 20.8 Å². The van der Waals surface area contributed by atoms with Crippen molar-refractivity contribution in [2.45, 2.75) is 78.4 Å². The Morgan fingerprint density at radius 3 is 2.73 bits per heavy atom. The number of aromatic nitrogens is 2. The molecule has 1 N–H and O–H groups in total. The predicted octanol–water partition coefficient (Wildman–Crippen LogP) is 4.01. The second-order valence-electron chi connectivity index (χ2n) is 9.25. The number of rotatable bonds is 11. The van der Waals surface area contributed by atoms with Gasteiger partial charge in [-0.25, -0.2) is 9.59 Å². The Hall–Kier alpha value is -2.24. The molecule has 0 fully saturated rings. The van der Waals surface area contributed by atoms with Gasteiger partial charge in [0, 0.05) is 12.0 Å². The molecule has 0 spiro atoms. The van der Waals surface area contributed by atoms with Crippen molar-refractivity contribution in [1.29, 1.82) is 0 Å². The average molecular weight is 485 g/mol. The van der Waals surface area contributed by atoms with Crippen molar-refractivity contribution in [3.8, 4) is 5.88 Å². The molecule has 1 unspecified atom stereocenters. The summed E-state index contributed by atoms with van der Waals surface area (Å²) in [4.78, 5) is 24.1. The minimum Gasteiger partial charge on any atom is -0.630 e. The molecule has 0 bridgehead atoms. The maximum Gasteiger partial charge on any atom is 0.408 e. The molecule has 10 nitrogen and oxygen atoms in total. The quantitative estimate of drug-likeness (QED) is 0.216. The summed E-state index contributed by atoms with van der Waals surface area (Å²) in [5, 5.41) is 15.6. The Labute approximate surface area is 199 Å². The third-order valence-corrected chi connectivity index (χ3v) is 5.43. The largest absolute Gasteiger partial charge is 0.630 e. The molecule has 0 saturated heterocycles. The number of hydroxylamine groups is 3. The number of quaternary nitrogens is 1. The summed E-state index contributed by atoms with van der Waals surface area (Å²) in [5.41, 5.74) is 0.640. The topological polar surface area (TPSA) is 123 Å². The second kappa shape index (κ2) is 12.3. The smallest absolute Gasteiger partial charge is 0.408 e. The summed E-state index contributed by atoms with van der Waals surface area (Å²) < 4.78 is 24.0. The van der Waals surface area contributed by atoms with Crippen molar-refractivity contribution in [1.82, 2.24) is 14.1 Å². The van der Waals surface area contributed by atoms with Crippen LogP contribution in [0, 0.1) is 5.21 Å². The van der Waals surface area contributed by atoms with Crippen LogP contribution < -0.4 is 10.1 Å². The lowest BCUT2D eigenvalue weighted by Crippen LogP contribution is -2.50. The zero-order valence-electron chi connectivity index (χ0n) is 20.2. The van der Waals surface area contributed by atoms with Gasteiger partial charge in [0.15, 0.2) is 0 Å². The van der Waals surface area contributed by atoms with E-state index >= 15 is 0 Å². The van der Waals surface area contributed by atoms with Gasteiger partial charge in [-0.15, -0.1) is 4.37 Å². The van der Waals surface area contributed by atoms with Crippen LogP contribution in [0.4, 0.5) is 4.79 Å². The van der Waals surface area contributed by atoms with Gasteiger partial charge in [0.25, 0.3) is 5.88 Å². The number of carbonyl (C=O) groups is 2. The molecule has 0 aromatic carbocycles. The number of alkyl carbamates (subject to hydrolysis) is 1. The van der Waals surface area contributed by atoms with Crippen LogP contribution in [0.15, 0.2) is 6.08 Å². The molecule has 33 heavy (non-hydrogen) atoms. The zero-order chi connectivity index (χ0) is 24.5. The Morgan fingerprint density at radius 1 is 1.27 bits per heavy atom. The minimum absolute atomic E-state index is 0.0960. The number of carbonyl (C=O) groups excluding carboxylic acids is 2. The van der Waals surface area contributed by atoms with Gasteiger partial charge in [-0.2, -0.15) is 4.37 Å². The fourth-order valence-corrected chi connectivity index (χ4v) is 3.76. The number of esters is 1. The van der Waals surface area contributed by atoms with Gasteiger partial charge in [-0.1, -0.05) is 32.3 Å². The third-order valence-electron chi connectivity index (χ3n) is 4.91. The SMILES string of the molecule is CCCCCCOc1nsnc1C1=CCC[N+]([O-])(COC(=O)[C@H](C)NC(=O)OC(C)(C)C)C1. The molecule has 0 radical (unpaired) electrons. The van der Waals surface area contributed by atoms with Crippen LogP contribution in [0.25, 0.3) is 5.57 Å². The fraction of sp³-hybridized carbons (Fsp3) is 0.727. The van der Waals surface area contributed by atoms with Crippen LogP contribution in [0.2, 0.25) is 0 Å². The first-order chi connectivity index (χ1) is 15.5. The lowest BCUT2D eigenvalue weighted by atomic mass is 10.1. The fourth-order valence-electron chi connectivity index (χ4n) is 3.23. The summed E-state index contributed by atoms with van der Waals surface area (Å²) in [6.07, 6.45) is 6.12. The number of hydrogen-bond donors (Lipinski definition) is 1. The Balaban J connectivity index is 1.87. The molecule has 1 aliphatic rings. The molecule has 1 aliphatic heterocycles. The first-order valence-corrected chi connectivity index (χ1v) is 12.1. The maximum atomic E-state index is 13.2. The van der Waals surface area contributed by atoms with Gasteiger partial charge in [0.05, 0.1) is 24.9 Å². The second-order valence-corrected chi connectivity index (χ2v) is 9.77. The van der Waals surface area contributed by atoms with Gasteiger partial charge < -0.3 is 29.4 Å². The van der Waals surface area contributed by atoms with Crippen LogP contribution in [-0.4, -0.2) is 63.5 Å². The molecule has 11 heteroatoms. The number of nitrogens with zero attached hydrogens (tertiary/aromatic N) is 3. The summed E-state index contributed by atoms with van der Waals surface area (Å²) in [6.45, 7) is 9.38. The lowest BCUT2D eigenvalue weighted by Gasteiger charge is -2.43. The average Bonchev–Trinajstić information content (AvgIpc) is 3.19. The molecule has 186 valence electrons. The standard InChI is InChI=1S/C22H36N4O6S/c1-6-7-8-9-13-30-19-18(24-33-25-19)17-11-10-12-26(29,14-17)15-31-20(27)16(2)23-21(28)32-22(3,4)5/h11,16H,6-10,12-15H2,1-5H3,(H,23,28)/t16-,26?/m0/s1. The van der Waals surface area contributed by atoms with Gasteiger partial charge >= 0.3 is 12.1 Å². The minimum atomic E-state index is -0.943. The monoisotopic (exact) mass is 484 g/mol. The lowest BCUT2D eigenvalue weighted by molar-refractivity contribution is -0.891. The van der Waals surface area contributed by atoms with E-state index in [1.165, 1.54) is 6.92 Å². The van der Waals surface area contributed by atoms with Crippen LogP contribution in [-0.2, 0) is 14.3 Å². The molecule has 1 amide bonds. The molecular formula is C22H36N4O6S. The van der Waals surface area contributed by atoms with E-state index < -0.39 is 28.4 Å². The van der Waals surface area contributed by atoms with E-state index in [0.29, 0.717) is 24.6 Å². The van der Waals surface area contributed by atoms with Crippen molar-refractivity contribution in [2.75, 3.05) is 26.4 Å². The Bertz CT molecular complexity index is 822. The highest BCUT2D eigenvalue weighted by Gasteiger charge is 2.30. The normalized spacial score (nSPS) is 19.4. The first-order valence-electron chi connectivity index (χ1n) is 11.4. The van der Waals surface area contributed by atoms with E-state index in [4.69, 9.17) is 14.2 Å². The van der Waals surface area contributed by atoms with Gasteiger partial charge in [0.2, 0.25) is 6.73 Å². The molecule has 2 heterocycles. The summed E-state index contributed by atoms with van der Waals surface area (Å²) in [6, 6.07) is -0.943. The van der Waals surface area contributed by atoms with Gasteiger partial charge in [-0.05, 0) is 34.1 Å². The van der Waals surface area contributed by atoms with Crippen molar-refractivity contribution in [3.05, 3.63) is 17.0 Å². The molecule has 0 aliphatic carbocycles. The molecular weight excluding hydrogens is 448 g/mol. The third kappa shape index (κ3) is 9.26. The van der Waals surface area contributed by atoms with Gasteiger partial charge in [-0.3, -0.25) is 0 Å². The van der Waals surface area contributed by atoms with Crippen LogP contribution in [0.1, 0.15) is 72.4 Å². The Kier molecular flexibility index (Phi) is 10.1. The predicted molar refractivity (Wildman–Crippen MR) is 125 cm³/mol. The number of ether oxygens (including phenoxy) is 3. The highest BCUT2D eigenvalue weighted by molar-refractivity contribution is 6.99. The van der Waals surface area contributed by atoms with Crippen LogP contribution in [0.5, 0.6) is 5.88 Å². The highest BCUT2D eigenvalue weighted by atomic mass is 32.1.